The summed E-state index contributed by atoms with van der Waals surface area (Å²) in [5, 5.41) is 2.52. The van der Waals surface area contributed by atoms with E-state index in [-0.39, 0.29) is 16.9 Å². The molecule has 0 bridgehead atoms. The van der Waals surface area contributed by atoms with Gasteiger partial charge in [0, 0.05) is 16.0 Å². The van der Waals surface area contributed by atoms with Crippen molar-refractivity contribution in [2.24, 2.45) is 4.52 Å². The molecule has 1 amide bonds. The average molecular weight is 445 g/mol. The number of hydrogen-bond donors (Lipinski definition) is 1. The van der Waals surface area contributed by atoms with Crippen LogP contribution in [0.25, 0.3) is 21.6 Å². The summed E-state index contributed by atoms with van der Waals surface area (Å²) in [6.07, 6.45) is 2.41. The van der Waals surface area contributed by atoms with E-state index in [1.165, 1.54) is 0 Å². The lowest BCUT2D eigenvalue weighted by Crippen LogP contribution is -2.27. The third-order valence-electron chi connectivity index (χ3n) is 3.50. The first-order chi connectivity index (χ1) is 13.5. The fourth-order valence-electron chi connectivity index (χ4n) is 2.36. The van der Waals surface area contributed by atoms with Gasteiger partial charge in [-0.25, -0.2) is 18.2 Å². The van der Waals surface area contributed by atoms with E-state index in [0.717, 1.165) is 0 Å². The van der Waals surface area contributed by atoms with Crippen molar-refractivity contribution in [1.29, 1.82) is 0 Å². The molecule has 29 heavy (non-hydrogen) atoms. The molecule has 0 aromatic carbocycles. The van der Waals surface area contributed by atoms with Gasteiger partial charge < -0.3 is 9.30 Å². The maximum atomic E-state index is 11.9. The normalized spacial score (nSPS) is 11.9. The smallest absolute Gasteiger partial charge is 0.414 e. The molecule has 2 rings (SSSR count). The van der Waals surface area contributed by atoms with Crippen molar-refractivity contribution in [3.63, 3.8) is 0 Å². The molecule has 0 aliphatic heterocycles. The minimum absolute atomic E-state index is 0.0149. The van der Waals surface area contributed by atoms with Crippen molar-refractivity contribution >= 4 is 44.8 Å². The molecule has 2 aromatic rings. The Kier molecular flexibility index (Phi) is 7.22. The zero-order chi connectivity index (χ0) is 21.7. The lowest BCUT2D eigenvalue weighted by molar-refractivity contribution is 0.0634. The third kappa shape index (κ3) is 7.04. The van der Waals surface area contributed by atoms with Gasteiger partial charge in [0.25, 0.3) is 0 Å². The van der Waals surface area contributed by atoms with E-state index >= 15 is 0 Å². The van der Waals surface area contributed by atoms with Gasteiger partial charge in [0.15, 0.2) is 10.8 Å². The number of imidazole rings is 1. The van der Waals surface area contributed by atoms with Crippen LogP contribution in [0.1, 0.15) is 40.0 Å². The van der Waals surface area contributed by atoms with E-state index in [1.807, 2.05) is 0 Å². The molecule has 0 fully saturated rings. The number of unbranched alkanes of at least 4 members (excludes halogenated alkanes) is 2. The minimum Gasteiger partial charge on any atom is -0.444 e. The number of carbonyl (C=O) groups is 1. The molecule has 0 saturated carbocycles. The van der Waals surface area contributed by atoms with Crippen LogP contribution in [0.15, 0.2) is 10.8 Å². The van der Waals surface area contributed by atoms with E-state index in [2.05, 4.69) is 29.7 Å². The summed E-state index contributed by atoms with van der Waals surface area (Å²) >= 11 is 6.13. The summed E-state index contributed by atoms with van der Waals surface area (Å²) in [5.74, 6) is -0.223. The van der Waals surface area contributed by atoms with E-state index in [1.54, 1.807) is 31.7 Å². The number of aryl methyl sites for hydroxylation is 1. The fourth-order valence-corrected chi connectivity index (χ4v) is 3.34. The van der Waals surface area contributed by atoms with Crippen molar-refractivity contribution in [1.82, 2.24) is 19.5 Å². The summed E-state index contributed by atoms with van der Waals surface area (Å²) in [5.41, 5.74) is 8.33. The Morgan fingerprint density at radius 3 is 2.72 bits per heavy atom. The number of rotatable bonds is 8. The van der Waals surface area contributed by atoms with Gasteiger partial charge in [0.1, 0.15) is 11.1 Å². The van der Waals surface area contributed by atoms with Crippen molar-refractivity contribution in [3.05, 3.63) is 21.9 Å². The highest BCUT2D eigenvalue weighted by Crippen LogP contribution is 2.21. The molecule has 0 unspecified atom stereocenters. The maximum absolute atomic E-state index is 11.9. The number of anilines is 1. The lowest BCUT2D eigenvalue weighted by atomic mass is 10.2. The molecule has 2 aromatic heterocycles. The molecule has 14 heteroatoms. The minimum atomic E-state index is -3.74. The average Bonchev–Trinajstić information content (AvgIpc) is 2.96. The molecule has 0 radical (unpaired) electrons. The molecule has 2 heterocycles. The summed E-state index contributed by atoms with van der Waals surface area (Å²) < 4.78 is 32.3. The van der Waals surface area contributed by atoms with Crippen LogP contribution in [0.2, 0.25) is 5.15 Å². The van der Waals surface area contributed by atoms with Gasteiger partial charge in [-0.1, -0.05) is 18.0 Å². The first kappa shape index (κ1) is 22.7. The van der Waals surface area contributed by atoms with E-state index in [9.17, 15) is 13.2 Å². The number of azide groups is 1. The van der Waals surface area contributed by atoms with Crippen LogP contribution in [-0.4, -0.2) is 45.4 Å². The van der Waals surface area contributed by atoms with Crippen molar-refractivity contribution < 1.29 is 17.9 Å². The fraction of sp³-hybridized carbons (Fsp3) is 0.600. The molecular formula is C15H21ClN8O4S. The topological polar surface area (TPSA) is 165 Å². The number of amides is 1. The Balaban J connectivity index is 2.02. The van der Waals surface area contributed by atoms with Gasteiger partial charge in [-0.2, -0.15) is 9.97 Å². The molecule has 12 nitrogen and oxygen atoms in total. The standard InChI is InChI=1S/C15H21ClN8O4S/c1-15(2,3)28-14(25)21-13-19-11(16)10-12(20-13)24(9-18-10)7-5-4-6-8-29(26,27)23-22-17/h9H,4-8H2,1-3H3,(H,19,20,21,25). The summed E-state index contributed by atoms with van der Waals surface area (Å²) in [6.45, 7) is 5.70. The number of sulfonamides is 1. The van der Waals surface area contributed by atoms with Crippen molar-refractivity contribution in [2.75, 3.05) is 11.1 Å². The second-order valence-electron chi connectivity index (χ2n) is 7.09. The Morgan fingerprint density at radius 2 is 2.07 bits per heavy atom. The van der Waals surface area contributed by atoms with Crippen LogP contribution in [0, 0.1) is 0 Å². The first-order valence-electron chi connectivity index (χ1n) is 8.68. The van der Waals surface area contributed by atoms with Crippen LogP contribution < -0.4 is 5.32 Å². The van der Waals surface area contributed by atoms with E-state index in [0.29, 0.717) is 37.0 Å². The molecule has 0 spiro atoms. The second-order valence-corrected chi connectivity index (χ2v) is 9.19. The number of nitrogens with one attached hydrogen (secondary N) is 1. The highest BCUT2D eigenvalue weighted by molar-refractivity contribution is 7.89. The Hall–Kier alpha value is -2.63. The molecular weight excluding hydrogens is 424 g/mol. The number of carbonyl (C=O) groups excluding carboxylic acids is 1. The predicted molar refractivity (Wildman–Crippen MR) is 107 cm³/mol. The third-order valence-corrected chi connectivity index (χ3v) is 4.89. The van der Waals surface area contributed by atoms with Crippen LogP contribution in [0.5, 0.6) is 0 Å². The summed E-state index contributed by atoms with van der Waals surface area (Å²) in [4.78, 5) is 26.6. The maximum Gasteiger partial charge on any atom is 0.414 e. The van der Waals surface area contributed by atoms with Crippen molar-refractivity contribution in [2.45, 2.75) is 52.2 Å². The van der Waals surface area contributed by atoms with Gasteiger partial charge >= 0.3 is 6.09 Å². The SMILES string of the molecule is CC(C)(C)OC(=O)Nc1nc(Cl)c2ncn(CCCCCS(=O)(=O)N=[N+]=[N-])c2n1. The molecule has 0 aliphatic carbocycles. The Morgan fingerprint density at radius 1 is 1.34 bits per heavy atom. The van der Waals surface area contributed by atoms with Gasteiger partial charge in [0.2, 0.25) is 16.0 Å². The number of nitrogens with zero attached hydrogens (tertiary/aromatic N) is 7. The van der Waals surface area contributed by atoms with Crippen LogP contribution >= 0.6 is 11.6 Å². The van der Waals surface area contributed by atoms with Crippen LogP contribution in [0.4, 0.5) is 10.7 Å². The molecule has 0 aliphatic rings. The second kappa shape index (κ2) is 9.25. The number of hydrogen-bond acceptors (Lipinski definition) is 7. The number of fused-ring (bicyclic) bond motifs is 1. The molecule has 0 atom stereocenters. The van der Waals surface area contributed by atoms with Crippen molar-refractivity contribution in [3.8, 4) is 0 Å². The number of halogens is 1. The van der Waals surface area contributed by atoms with Gasteiger partial charge in [-0.05, 0) is 39.1 Å². The van der Waals surface area contributed by atoms with E-state index < -0.39 is 21.7 Å². The predicted octanol–water partition coefficient (Wildman–Crippen LogP) is 3.64. The molecule has 0 saturated heterocycles. The molecule has 1 N–H and O–H groups in total. The zero-order valence-electron chi connectivity index (χ0n) is 16.2. The zero-order valence-corrected chi connectivity index (χ0v) is 17.7. The van der Waals surface area contributed by atoms with E-state index in [4.69, 9.17) is 21.9 Å². The Bertz CT molecular complexity index is 1040. The van der Waals surface area contributed by atoms with Crippen LogP contribution in [-0.2, 0) is 21.3 Å². The number of ether oxygens (including phenoxy) is 1. The summed E-state index contributed by atoms with van der Waals surface area (Å²) in [7, 11) is -3.74. The highest BCUT2D eigenvalue weighted by atomic mass is 35.5. The van der Waals surface area contributed by atoms with Crippen LogP contribution in [0.3, 0.4) is 0 Å². The first-order valence-corrected chi connectivity index (χ1v) is 10.7. The highest BCUT2D eigenvalue weighted by Gasteiger charge is 2.19. The van der Waals surface area contributed by atoms with Gasteiger partial charge in [-0.15, -0.1) is 0 Å². The monoisotopic (exact) mass is 444 g/mol. The number of aromatic nitrogens is 4. The van der Waals surface area contributed by atoms with Gasteiger partial charge in [-0.3, -0.25) is 5.32 Å². The largest absolute Gasteiger partial charge is 0.444 e. The quantitative estimate of drug-likeness (QED) is 0.213. The summed E-state index contributed by atoms with van der Waals surface area (Å²) in [6, 6.07) is 0. The Labute approximate surface area is 172 Å². The molecule has 158 valence electrons. The van der Waals surface area contributed by atoms with Gasteiger partial charge in [0.05, 0.1) is 12.1 Å². The lowest BCUT2D eigenvalue weighted by Gasteiger charge is -2.19.